The summed E-state index contributed by atoms with van der Waals surface area (Å²) in [5.41, 5.74) is 1.98. The molecule has 3 aliphatic heterocycles. The van der Waals surface area contributed by atoms with Crippen LogP contribution in [0.5, 0.6) is 5.75 Å². The summed E-state index contributed by atoms with van der Waals surface area (Å²) in [5.74, 6) is -1.17. The Balaban J connectivity index is 1.43. The Morgan fingerprint density at radius 2 is 1.95 bits per heavy atom. The fourth-order valence-electron chi connectivity index (χ4n) is 6.24. The molecule has 2 bridgehead atoms. The third-order valence-corrected chi connectivity index (χ3v) is 10.1. The average molecular weight is 558 g/mol. The summed E-state index contributed by atoms with van der Waals surface area (Å²) in [6.45, 7) is 4.46. The van der Waals surface area contributed by atoms with Crippen LogP contribution in [0.1, 0.15) is 31.7 Å². The lowest BCUT2D eigenvalue weighted by Gasteiger charge is -2.34. The van der Waals surface area contributed by atoms with Gasteiger partial charge in [-0.1, -0.05) is 23.7 Å². The Morgan fingerprint density at radius 3 is 2.63 bits per heavy atom. The first-order chi connectivity index (χ1) is 18.3. The summed E-state index contributed by atoms with van der Waals surface area (Å²) >= 11 is 7.99. The van der Waals surface area contributed by atoms with Crippen LogP contribution in [-0.2, 0) is 14.4 Å². The molecule has 38 heavy (non-hydrogen) atoms. The lowest BCUT2D eigenvalue weighted by molar-refractivity contribution is -0.138. The molecular weight excluding hydrogens is 526 g/mol. The first-order valence-electron chi connectivity index (χ1n) is 13.0. The van der Waals surface area contributed by atoms with Gasteiger partial charge in [0, 0.05) is 24.1 Å². The zero-order valence-corrected chi connectivity index (χ0v) is 23.0. The van der Waals surface area contributed by atoms with Crippen LogP contribution in [0.2, 0.25) is 5.02 Å². The number of benzene rings is 2. The van der Waals surface area contributed by atoms with Crippen LogP contribution in [0, 0.1) is 18.8 Å². The molecule has 3 aliphatic rings. The van der Waals surface area contributed by atoms with Crippen LogP contribution in [-0.4, -0.2) is 63.5 Å². The van der Waals surface area contributed by atoms with Gasteiger partial charge in [0.2, 0.25) is 17.7 Å². The van der Waals surface area contributed by atoms with Crippen molar-refractivity contribution in [2.45, 2.75) is 49.1 Å². The lowest BCUT2D eigenvalue weighted by Crippen LogP contribution is -2.51. The molecular formula is C28H32ClN3O5S. The summed E-state index contributed by atoms with van der Waals surface area (Å²) in [6, 6.07) is 11.8. The number of thioether (sulfide) groups is 1. The van der Waals surface area contributed by atoms with Crippen LogP contribution < -0.4 is 15.4 Å². The molecule has 0 aliphatic carbocycles. The average Bonchev–Trinajstić information content (AvgIpc) is 3.53. The molecule has 5 rings (SSSR count). The van der Waals surface area contributed by atoms with Crippen LogP contribution in [0.3, 0.4) is 0 Å². The van der Waals surface area contributed by atoms with E-state index in [0.29, 0.717) is 41.6 Å². The van der Waals surface area contributed by atoms with E-state index in [-0.39, 0.29) is 36.1 Å². The highest BCUT2D eigenvalue weighted by molar-refractivity contribution is 8.02. The third-order valence-electron chi connectivity index (χ3n) is 7.81. The van der Waals surface area contributed by atoms with E-state index < -0.39 is 22.6 Å². The Labute approximate surface area is 231 Å². The Kier molecular flexibility index (Phi) is 7.62. The number of hydrogen-bond acceptors (Lipinski definition) is 6. The number of ether oxygens (including phenoxy) is 1. The number of nitrogens with zero attached hydrogens (tertiary/aromatic N) is 1. The van der Waals surface area contributed by atoms with Crippen molar-refractivity contribution in [3.8, 4) is 5.75 Å². The number of aliphatic hydroxyl groups is 1. The molecule has 202 valence electrons. The highest BCUT2D eigenvalue weighted by Gasteiger charge is 2.73. The van der Waals surface area contributed by atoms with Crippen molar-refractivity contribution in [3.05, 3.63) is 53.1 Å². The number of para-hydroxylation sites is 1. The standard InChI is InChI=1S/C28H32ClN3O5S/c1-3-37-18-10-8-17(9-11-18)30-25(34)21-20-12-13-28(38-20)22(21)27(36)32(14-5-15-33)24(28)26(35)31-23-16(2)6-4-7-19(23)29/h4,6-11,20-22,24,33H,3,5,12-15H2,1-2H3,(H,30,34)(H,31,35)/t20-,21+,22+,24?,28?/m1/s1. The summed E-state index contributed by atoms with van der Waals surface area (Å²) in [4.78, 5) is 42.9. The molecule has 3 amide bonds. The van der Waals surface area contributed by atoms with Gasteiger partial charge in [0.05, 0.1) is 33.9 Å². The van der Waals surface area contributed by atoms with Gasteiger partial charge < -0.3 is 25.4 Å². The van der Waals surface area contributed by atoms with Gasteiger partial charge >= 0.3 is 0 Å². The van der Waals surface area contributed by atoms with Crippen molar-refractivity contribution in [3.63, 3.8) is 0 Å². The minimum Gasteiger partial charge on any atom is -0.494 e. The Bertz CT molecular complexity index is 1220. The fourth-order valence-corrected chi connectivity index (χ4v) is 8.73. The second kappa shape index (κ2) is 10.8. The van der Waals surface area contributed by atoms with Gasteiger partial charge in [-0.05, 0) is 69.0 Å². The number of hydrogen-bond donors (Lipinski definition) is 3. The van der Waals surface area contributed by atoms with Crippen LogP contribution in [0.25, 0.3) is 0 Å². The molecule has 3 saturated heterocycles. The maximum absolute atomic E-state index is 13.9. The van der Waals surface area contributed by atoms with Gasteiger partial charge in [0.1, 0.15) is 11.8 Å². The van der Waals surface area contributed by atoms with Gasteiger partial charge in [-0.15, -0.1) is 11.8 Å². The molecule has 0 radical (unpaired) electrons. The first-order valence-corrected chi connectivity index (χ1v) is 14.3. The van der Waals surface area contributed by atoms with Crippen molar-refractivity contribution < 1.29 is 24.2 Å². The first kappa shape index (κ1) is 26.8. The normalized spacial score (nSPS) is 27.4. The van der Waals surface area contributed by atoms with E-state index in [4.69, 9.17) is 16.3 Å². The minimum atomic E-state index is -0.763. The Morgan fingerprint density at radius 1 is 1.18 bits per heavy atom. The predicted molar refractivity (Wildman–Crippen MR) is 149 cm³/mol. The number of nitrogens with one attached hydrogen (secondary N) is 2. The number of likely N-dealkylation sites (tertiary alicyclic amines) is 1. The van der Waals surface area contributed by atoms with E-state index in [1.165, 1.54) is 0 Å². The second-order valence-electron chi connectivity index (χ2n) is 10.0. The van der Waals surface area contributed by atoms with Crippen LogP contribution in [0.15, 0.2) is 42.5 Å². The molecule has 1 spiro atoms. The number of aryl methyl sites for hydroxylation is 1. The number of halogens is 1. The zero-order chi connectivity index (χ0) is 27.0. The maximum atomic E-state index is 13.9. The van der Waals surface area contributed by atoms with Gasteiger partial charge in [-0.25, -0.2) is 0 Å². The smallest absolute Gasteiger partial charge is 0.248 e. The van der Waals surface area contributed by atoms with E-state index in [1.54, 1.807) is 47.0 Å². The maximum Gasteiger partial charge on any atom is 0.248 e. The minimum absolute atomic E-state index is 0.0519. The summed E-state index contributed by atoms with van der Waals surface area (Å²) in [7, 11) is 0. The number of rotatable bonds is 9. The Hall–Kier alpha value is -2.75. The van der Waals surface area contributed by atoms with Crippen molar-refractivity contribution in [2.75, 3.05) is 30.4 Å². The largest absolute Gasteiger partial charge is 0.494 e. The number of aliphatic hydroxyl groups excluding tert-OH is 1. The molecule has 0 saturated carbocycles. The van der Waals surface area contributed by atoms with E-state index >= 15 is 0 Å². The lowest BCUT2D eigenvalue weighted by atomic mass is 9.70. The number of anilines is 2. The van der Waals surface area contributed by atoms with Crippen LogP contribution in [0.4, 0.5) is 11.4 Å². The molecule has 10 heteroatoms. The van der Waals surface area contributed by atoms with E-state index in [2.05, 4.69) is 10.6 Å². The predicted octanol–water partition coefficient (Wildman–Crippen LogP) is 4.10. The summed E-state index contributed by atoms with van der Waals surface area (Å²) < 4.78 is 4.77. The molecule has 2 aromatic carbocycles. The number of fused-ring (bicyclic) bond motifs is 1. The third kappa shape index (κ3) is 4.54. The molecule has 3 N–H and O–H groups in total. The van der Waals surface area contributed by atoms with Gasteiger partial charge in [-0.2, -0.15) is 0 Å². The summed E-state index contributed by atoms with van der Waals surface area (Å²) in [6.07, 6.45) is 1.76. The monoisotopic (exact) mass is 557 g/mol. The molecule has 5 atom stereocenters. The number of amides is 3. The van der Waals surface area contributed by atoms with E-state index in [1.807, 2.05) is 26.0 Å². The number of carbonyl (C=O) groups is 3. The van der Waals surface area contributed by atoms with E-state index in [0.717, 1.165) is 12.0 Å². The highest BCUT2D eigenvalue weighted by Crippen LogP contribution is 2.66. The summed E-state index contributed by atoms with van der Waals surface area (Å²) in [5, 5.41) is 15.8. The highest BCUT2D eigenvalue weighted by atomic mass is 35.5. The molecule has 3 heterocycles. The molecule has 0 aromatic heterocycles. The van der Waals surface area contributed by atoms with Gasteiger partial charge in [0.15, 0.2) is 0 Å². The van der Waals surface area contributed by atoms with E-state index in [9.17, 15) is 19.5 Å². The topological polar surface area (TPSA) is 108 Å². The quantitative estimate of drug-likeness (QED) is 0.428. The fraction of sp³-hybridized carbons (Fsp3) is 0.464. The van der Waals surface area contributed by atoms with Crippen molar-refractivity contribution in [1.29, 1.82) is 0 Å². The van der Waals surface area contributed by atoms with Crippen LogP contribution >= 0.6 is 23.4 Å². The molecule has 2 aromatic rings. The molecule has 2 unspecified atom stereocenters. The zero-order valence-electron chi connectivity index (χ0n) is 21.4. The van der Waals surface area contributed by atoms with Crippen molar-refractivity contribution >= 4 is 52.5 Å². The van der Waals surface area contributed by atoms with Gasteiger partial charge in [0.25, 0.3) is 0 Å². The van der Waals surface area contributed by atoms with Crippen molar-refractivity contribution in [2.24, 2.45) is 11.8 Å². The molecule has 8 nitrogen and oxygen atoms in total. The van der Waals surface area contributed by atoms with Gasteiger partial charge in [-0.3, -0.25) is 14.4 Å². The van der Waals surface area contributed by atoms with Crippen molar-refractivity contribution in [1.82, 2.24) is 4.90 Å². The molecule has 3 fully saturated rings. The number of carbonyl (C=O) groups excluding carboxylic acids is 3. The second-order valence-corrected chi connectivity index (χ2v) is 12.0. The SMILES string of the molecule is CCOc1ccc(NC(=O)[C@@H]2[C@H]3C(=O)N(CCCO)C(C(=O)Nc4c(C)cccc4Cl)C34CC[C@H]2S4)cc1.